The number of nitrogens with zero attached hydrogens (tertiary/aromatic N) is 5. The molecule has 7 heteroatoms. The molecule has 4 rings (SSSR count). The molecule has 0 aromatic carbocycles. The van der Waals surface area contributed by atoms with Crippen LogP contribution >= 0.6 is 0 Å². The number of fused-ring (bicyclic) bond motifs is 1. The molecule has 0 unspecified atom stereocenters. The first kappa shape index (κ1) is 16.2. The van der Waals surface area contributed by atoms with Crippen LogP contribution in [0.2, 0.25) is 0 Å². The number of morpholine rings is 1. The topological polar surface area (TPSA) is 63.5 Å². The molecule has 2 aliphatic rings. The summed E-state index contributed by atoms with van der Waals surface area (Å²) in [6.07, 6.45) is 6.22. The minimum absolute atomic E-state index is 0.0498. The lowest BCUT2D eigenvalue weighted by atomic mass is 9.97. The summed E-state index contributed by atoms with van der Waals surface area (Å²) in [7, 11) is 1.96. The Labute approximate surface area is 147 Å². The zero-order valence-corrected chi connectivity index (χ0v) is 14.4. The predicted octanol–water partition coefficient (Wildman–Crippen LogP) is 0.931. The van der Waals surface area contributed by atoms with Gasteiger partial charge in [-0.2, -0.15) is 5.10 Å². The maximum absolute atomic E-state index is 12.9. The predicted molar refractivity (Wildman–Crippen MR) is 91.9 cm³/mol. The van der Waals surface area contributed by atoms with Gasteiger partial charge in [-0.25, -0.2) is 0 Å². The van der Waals surface area contributed by atoms with Gasteiger partial charge < -0.3 is 9.64 Å². The van der Waals surface area contributed by atoms with Crippen LogP contribution in [0.15, 0.2) is 36.8 Å². The average molecular weight is 341 g/mol. The van der Waals surface area contributed by atoms with Gasteiger partial charge in [0.1, 0.15) is 0 Å². The number of piperidine rings is 1. The van der Waals surface area contributed by atoms with Gasteiger partial charge in [-0.05, 0) is 24.6 Å². The molecule has 25 heavy (non-hydrogen) atoms. The van der Waals surface area contributed by atoms with Crippen molar-refractivity contribution in [2.45, 2.75) is 25.1 Å². The summed E-state index contributed by atoms with van der Waals surface area (Å²) in [5.74, 6) is 0.0498. The maximum Gasteiger partial charge on any atom is 0.255 e. The first-order valence-corrected chi connectivity index (χ1v) is 8.74. The van der Waals surface area contributed by atoms with E-state index in [1.165, 1.54) is 5.69 Å². The number of carbonyl (C=O) groups is 1. The molecule has 1 amide bonds. The van der Waals surface area contributed by atoms with Crippen LogP contribution in [0.1, 0.15) is 22.5 Å². The summed E-state index contributed by atoms with van der Waals surface area (Å²) >= 11 is 0. The second kappa shape index (κ2) is 6.93. The second-order valence-corrected chi connectivity index (χ2v) is 6.69. The van der Waals surface area contributed by atoms with E-state index in [4.69, 9.17) is 4.74 Å². The van der Waals surface area contributed by atoms with Crippen molar-refractivity contribution in [3.05, 3.63) is 48.0 Å². The van der Waals surface area contributed by atoms with Crippen molar-refractivity contribution in [1.82, 2.24) is 24.6 Å². The summed E-state index contributed by atoms with van der Waals surface area (Å²) < 4.78 is 7.86. The van der Waals surface area contributed by atoms with E-state index in [0.29, 0.717) is 18.7 Å². The van der Waals surface area contributed by atoms with Crippen LogP contribution in [-0.4, -0.2) is 68.9 Å². The molecule has 0 spiro atoms. The monoisotopic (exact) mass is 341 g/mol. The number of rotatable bonds is 3. The van der Waals surface area contributed by atoms with Gasteiger partial charge in [0.2, 0.25) is 0 Å². The highest BCUT2D eigenvalue weighted by molar-refractivity contribution is 5.94. The summed E-state index contributed by atoms with van der Waals surface area (Å²) in [5, 5.41) is 4.24. The molecule has 2 atom stereocenters. The molecule has 0 bridgehead atoms. The Morgan fingerprint density at radius 2 is 2.24 bits per heavy atom. The Morgan fingerprint density at radius 1 is 1.32 bits per heavy atom. The van der Waals surface area contributed by atoms with E-state index in [0.717, 1.165) is 26.1 Å². The minimum atomic E-state index is 0.0498. The number of pyridine rings is 1. The molecule has 132 valence electrons. The van der Waals surface area contributed by atoms with Crippen molar-refractivity contribution >= 4 is 5.91 Å². The molecule has 2 saturated heterocycles. The zero-order chi connectivity index (χ0) is 17.2. The van der Waals surface area contributed by atoms with Gasteiger partial charge in [0, 0.05) is 51.8 Å². The quantitative estimate of drug-likeness (QED) is 0.831. The van der Waals surface area contributed by atoms with Gasteiger partial charge in [-0.15, -0.1) is 0 Å². The largest absolute Gasteiger partial charge is 0.374 e. The van der Waals surface area contributed by atoms with E-state index >= 15 is 0 Å². The first-order chi connectivity index (χ1) is 12.2. The molecule has 2 aromatic rings. The minimum Gasteiger partial charge on any atom is -0.374 e. The van der Waals surface area contributed by atoms with E-state index in [1.807, 2.05) is 35.0 Å². The van der Waals surface area contributed by atoms with Crippen molar-refractivity contribution in [2.75, 3.05) is 26.2 Å². The molecule has 0 N–H and O–H groups in total. The number of hydrogen-bond donors (Lipinski definition) is 0. The van der Waals surface area contributed by atoms with Crippen LogP contribution in [0.25, 0.3) is 0 Å². The molecule has 2 aromatic heterocycles. The SMILES string of the molecule is Cn1nccc1CN1CC[C@H]2OCCN(C(=O)c3cccnc3)[C@@H]2C1. The maximum atomic E-state index is 12.9. The van der Waals surface area contributed by atoms with Crippen molar-refractivity contribution in [3.63, 3.8) is 0 Å². The molecule has 2 fully saturated rings. The Bertz CT molecular complexity index is 732. The van der Waals surface area contributed by atoms with Crippen LogP contribution in [0.3, 0.4) is 0 Å². The molecular formula is C18H23N5O2. The highest BCUT2D eigenvalue weighted by Crippen LogP contribution is 2.25. The van der Waals surface area contributed by atoms with Gasteiger partial charge in [0.25, 0.3) is 5.91 Å². The fourth-order valence-corrected chi connectivity index (χ4v) is 3.77. The number of amides is 1. The molecule has 4 heterocycles. The first-order valence-electron chi connectivity index (χ1n) is 8.74. The Kier molecular flexibility index (Phi) is 4.50. The molecule has 0 aliphatic carbocycles. The number of hydrogen-bond acceptors (Lipinski definition) is 5. The fourth-order valence-electron chi connectivity index (χ4n) is 3.77. The van der Waals surface area contributed by atoms with Crippen molar-refractivity contribution in [2.24, 2.45) is 7.05 Å². The van der Waals surface area contributed by atoms with E-state index in [2.05, 4.69) is 15.0 Å². The van der Waals surface area contributed by atoms with Gasteiger partial charge in [0.15, 0.2) is 0 Å². The number of aryl methyl sites for hydroxylation is 1. The van der Waals surface area contributed by atoms with Gasteiger partial charge >= 0.3 is 0 Å². The highest BCUT2D eigenvalue weighted by Gasteiger charge is 2.39. The van der Waals surface area contributed by atoms with Gasteiger partial charge in [0.05, 0.1) is 30.0 Å². The Balaban J connectivity index is 1.50. The van der Waals surface area contributed by atoms with Crippen molar-refractivity contribution in [1.29, 1.82) is 0 Å². The smallest absolute Gasteiger partial charge is 0.255 e. The fraction of sp³-hybridized carbons (Fsp3) is 0.500. The molecule has 0 radical (unpaired) electrons. The lowest BCUT2D eigenvalue weighted by Gasteiger charge is -2.47. The van der Waals surface area contributed by atoms with Crippen molar-refractivity contribution < 1.29 is 9.53 Å². The van der Waals surface area contributed by atoms with Crippen LogP contribution < -0.4 is 0 Å². The normalized spacial score (nSPS) is 24.1. The third kappa shape index (κ3) is 3.29. The van der Waals surface area contributed by atoms with Crippen molar-refractivity contribution in [3.8, 4) is 0 Å². The highest BCUT2D eigenvalue weighted by atomic mass is 16.5. The molecular weight excluding hydrogens is 318 g/mol. The van der Waals surface area contributed by atoms with Crippen LogP contribution in [0.5, 0.6) is 0 Å². The molecule has 7 nitrogen and oxygen atoms in total. The number of carbonyl (C=O) groups excluding carboxylic acids is 1. The zero-order valence-electron chi connectivity index (χ0n) is 14.4. The van der Waals surface area contributed by atoms with E-state index < -0.39 is 0 Å². The Hall–Kier alpha value is -2.25. The van der Waals surface area contributed by atoms with Gasteiger partial charge in [-0.1, -0.05) is 0 Å². The summed E-state index contributed by atoms with van der Waals surface area (Å²) in [5.41, 5.74) is 1.83. The number of ether oxygens (including phenoxy) is 1. The summed E-state index contributed by atoms with van der Waals surface area (Å²) in [4.78, 5) is 21.4. The number of aromatic nitrogens is 3. The number of likely N-dealkylation sites (tertiary alicyclic amines) is 1. The summed E-state index contributed by atoms with van der Waals surface area (Å²) in [6, 6.07) is 5.77. The second-order valence-electron chi connectivity index (χ2n) is 6.69. The third-order valence-electron chi connectivity index (χ3n) is 5.15. The van der Waals surface area contributed by atoms with Crippen LogP contribution in [-0.2, 0) is 18.3 Å². The summed E-state index contributed by atoms with van der Waals surface area (Å²) in [6.45, 7) is 3.88. The molecule has 0 saturated carbocycles. The van der Waals surface area contributed by atoms with E-state index in [1.54, 1.807) is 18.5 Å². The van der Waals surface area contributed by atoms with E-state index in [-0.39, 0.29) is 18.1 Å². The lowest BCUT2D eigenvalue weighted by Crippen LogP contribution is -2.61. The van der Waals surface area contributed by atoms with E-state index in [9.17, 15) is 4.79 Å². The average Bonchev–Trinajstić information content (AvgIpc) is 3.06. The van der Waals surface area contributed by atoms with Gasteiger partial charge in [-0.3, -0.25) is 19.4 Å². The molecule has 2 aliphatic heterocycles. The lowest BCUT2D eigenvalue weighted by molar-refractivity contribution is -0.0916. The third-order valence-corrected chi connectivity index (χ3v) is 5.15. The van der Waals surface area contributed by atoms with Crippen LogP contribution in [0.4, 0.5) is 0 Å². The van der Waals surface area contributed by atoms with Crippen LogP contribution in [0, 0.1) is 0 Å². The Morgan fingerprint density at radius 3 is 3.00 bits per heavy atom. The standard InChI is InChI=1S/C18H23N5O2/c1-21-15(4-7-20-21)12-22-8-5-17-16(13-22)23(9-10-25-17)18(24)14-3-2-6-19-11-14/h2-4,6-7,11,16-17H,5,8-10,12-13H2,1H3/t16-,17-/m1/s1.